The van der Waals surface area contributed by atoms with Crippen LogP contribution in [-0.4, -0.2) is 22.3 Å². The maximum Gasteiger partial charge on any atom is 0.358 e. The number of rotatable bonds is 0. The Labute approximate surface area is 38.5 Å². The van der Waals surface area contributed by atoms with Crippen molar-refractivity contribution in [1.82, 2.24) is 10.4 Å². The molecule has 1 fully saturated rings. The summed E-state index contributed by atoms with van der Waals surface area (Å²) in [5.74, 6) is 0. The van der Waals surface area contributed by atoms with E-state index in [-0.39, 0.29) is 5.06 Å². The van der Waals surface area contributed by atoms with E-state index in [0.29, 0.717) is 0 Å². The van der Waals surface area contributed by atoms with E-state index in [1.54, 1.807) is 5.32 Å². The predicted molar refractivity (Wildman–Crippen MR) is 17.6 cm³/mol. The Balaban J connectivity index is 2.59. The molecule has 0 aromatic heterocycles. The second kappa shape index (κ2) is 0.941. The molecule has 0 aliphatic carbocycles. The minimum Gasteiger partial charge on any atom is -0.276 e. The zero-order valence-corrected chi connectivity index (χ0v) is 3.21. The van der Waals surface area contributed by atoms with Crippen molar-refractivity contribution in [2.24, 2.45) is 0 Å². The van der Waals surface area contributed by atoms with Gasteiger partial charge in [-0.05, 0) is 0 Å². The molecule has 1 aliphatic rings. The van der Waals surface area contributed by atoms with Gasteiger partial charge in [0.2, 0.25) is 0 Å². The molecule has 0 atom stereocenters. The van der Waals surface area contributed by atoms with Crippen LogP contribution in [0.25, 0.3) is 0 Å². The van der Waals surface area contributed by atoms with E-state index in [4.69, 9.17) is 5.21 Å². The largest absolute Gasteiger partial charge is 0.358 e. The third-order valence-corrected chi connectivity index (χ3v) is 0.599. The number of hydrogen-bond donors (Lipinski definition) is 2. The Morgan fingerprint density at radius 1 is 1.43 bits per heavy atom. The molecule has 2 N–H and O–H groups in total. The number of nitrogens with zero attached hydrogens (tertiary/aromatic N) is 1. The highest BCUT2D eigenvalue weighted by Crippen LogP contribution is 1.94. The summed E-state index contributed by atoms with van der Waals surface area (Å²) in [6.07, 6.45) is 0. The van der Waals surface area contributed by atoms with Crippen molar-refractivity contribution in [3.8, 4) is 0 Å². The van der Waals surface area contributed by atoms with Gasteiger partial charge in [-0.3, -0.25) is 10.5 Å². The third-order valence-electron chi connectivity index (χ3n) is 0.599. The van der Waals surface area contributed by atoms with Gasteiger partial charge in [0.1, 0.15) is 0 Å². The smallest absolute Gasteiger partial charge is 0.276 e. The number of carbonyl (C=O) groups excluding carboxylic acids is 2. The highest BCUT2D eigenvalue weighted by atomic mass is 16.5. The summed E-state index contributed by atoms with van der Waals surface area (Å²) < 4.78 is 0. The minimum absolute atomic E-state index is 0. The molecule has 0 unspecified atom stereocenters. The first-order valence-electron chi connectivity index (χ1n) is 1.56. The number of amides is 4. The Morgan fingerprint density at radius 2 is 1.86 bits per heavy atom. The lowest BCUT2D eigenvalue weighted by Crippen LogP contribution is -2.59. The first-order chi connectivity index (χ1) is 3.22. The standard InChI is InChI=1S/C2H2N2O3/c5-1-3-2(6)4(1)7/h7H,(H,3,5,6). The maximum absolute atomic E-state index is 9.78. The van der Waals surface area contributed by atoms with Crippen LogP contribution in [0.2, 0.25) is 0 Å². The van der Waals surface area contributed by atoms with E-state index in [0.717, 1.165) is 0 Å². The van der Waals surface area contributed by atoms with Crippen molar-refractivity contribution >= 4 is 12.1 Å². The molecule has 38 valence electrons. The van der Waals surface area contributed by atoms with Crippen molar-refractivity contribution in [3.05, 3.63) is 0 Å². The molecule has 1 rings (SSSR count). The summed E-state index contributed by atoms with van der Waals surface area (Å²) in [4.78, 5) is 19.6. The molecule has 0 saturated carbocycles. The lowest BCUT2D eigenvalue weighted by molar-refractivity contribution is -0.0245. The summed E-state index contributed by atoms with van der Waals surface area (Å²) in [5.41, 5.74) is 0. The van der Waals surface area contributed by atoms with Gasteiger partial charge in [-0.25, -0.2) is 9.59 Å². The zero-order chi connectivity index (χ0) is 5.44. The average molecular weight is 102 g/mol. The number of carbonyl (C=O) groups is 2. The van der Waals surface area contributed by atoms with Crippen LogP contribution in [0.1, 0.15) is 0 Å². The SMILES string of the molecule is O=C1NC(=O)N1O. The molecule has 0 radical (unpaired) electrons. The Kier molecular flexibility index (Phi) is 0.547. The van der Waals surface area contributed by atoms with E-state index < -0.39 is 12.1 Å². The highest BCUT2D eigenvalue weighted by molar-refractivity contribution is 6.10. The normalized spacial score (nSPS) is 18.7. The quantitative estimate of drug-likeness (QED) is 0.406. The molecular formula is C2H2N2O3. The van der Waals surface area contributed by atoms with Gasteiger partial charge in [0.05, 0.1) is 0 Å². The van der Waals surface area contributed by atoms with Gasteiger partial charge < -0.3 is 0 Å². The molecule has 0 aromatic carbocycles. The van der Waals surface area contributed by atoms with E-state index >= 15 is 0 Å². The van der Waals surface area contributed by atoms with Crippen LogP contribution < -0.4 is 5.32 Å². The average Bonchev–Trinajstić information content (AvgIpc) is 1.68. The third kappa shape index (κ3) is 0.347. The molecule has 0 aromatic rings. The molecule has 0 bridgehead atoms. The van der Waals surface area contributed by atoms with Crippen LogP contribution in [-0.2, 0) is 0 Å². The molecule has 1 aliphatic heterocycles. The van der Waals surface area contributed by atoms with Crippen molar-refractivity contribution < 1.29 is 14.8 Å². The van der Waals surface area contributed by atoms with E-state index in [9.17, 15) is 9.59 Å². The first kappa shape index (κ1) is 4.07. The van der Waals surface area contributed by atoms with Gasteiger partial charge in [-0.2, -0.15) is 0 Å². The van der Waals surface area contributed by atoms with E-state index in [1.807, 2.05) is 0 Å². The molecule has 5 heteroatoms. The second-order valence-electron chi connectivity index (χ2n) is 1.05. The van der Waals surface area contributed by atoms with Gasteiger partial charge in [-0.15, -0.1) is 5.06 Å². The Hall–Kier alpha value is -1.10. The first-order valence-corrected chi connectivity index (χ1v) is 1.56. The fourth-order valence-corrected chi connectivity index (χ4v) is 0.237. The fraction of sp³-hybridized carbons (Fsp3) is 0. The zero-order valence-electron chi connectivity index (χ0n) is 3.21. The lowest BCUT2D eigenvalue weighted by atomic mass is 10.7. The monoisotopic (exact) mass is 102 g/mol. The summed E-state index contributed by atoms with van der Waals surface area (Å²) in [6.45, 7) is 0. The minimum atomic E-state index is -0.773. The number of imide groups is 2. The maximum atomic E-state index is 9.78. The van der Waals surface area contributed by atoms with Crippen LogP contribution in [0.3, 0.4) is 0 Å². The van der Waals surface area contributed by atoms with E-state index in [1.165, 1.54) is 0 Å². The summed E-state index contributed by atoms with van der Waals surface area (Å²) in [7, 11) is 0. The van der Waals surface area contributed by atoms with Gasteiger partial charge >= 0.3 is 12.1 Å². The number of nitrogens with one attached hydrogen (secondary N) is 1. The van der Waals surface area contributed by atoms with Crippen molar-refractivity contribution in [2.45, 2.75) is 0 Å². The van der Waals surface area contributed by atoms with Gasteiger partial charge in [0.15, 0.2) is 0 Å². The Bertz CT molecular complexity index is 117. The molecule has 1 saturated heterocycles. The fourth-order valence-electron chi connectivity index (χ4n) is 0.237. The summed E-state index contributed by atoms with van der Waals surface area (Å²) >= 11 is 0. The predicted octanol–water partition coefficient (Wildman–Crippen LogP) is -0.479. The van der Waals surface area contributed by atoms with Crippen molar-refractivity contribution in [2.75, 3.05) is 0 Å². The van der Waals surface area contributed by atoms with E-state index in [2.05, 4.69) is 0 Å². The molecule has 4 amide bonds. The van der Waals surface area contributed by atoms with Crippen LogP contribution in [0, 0.1) is 0 Å². The molecule has 5 nitrogen and oxygen atoms in total. The molecule has 0 spiro atoms. The summed E-state index contributed by atoms with van der Waals surface area (Å²) in [5, 5.41) is 9.81. The summed E-state index contributed by atoms with van der Waals surface area (Å²) in [6, 6.07) is -1.55. The molecule has 7 heavy (non-hydrogen) atoms. The van der Waals surface area contributed by atoms with Gasteiger partial charge in [0, 0.05) is 0 Å². The number of hydroxylamine groups is 2. The molecular weight excluding hydrogens is 100 g/mol. The van der Waals surface area contributed by atoms with Gasteiger partial charge in [-0.1, -0.05) is 0 Å². The van der Waals surface area contributed by atoms with Crippen molar-refractivity contribution in [3.63, 3.8) is 0 Å². The number of urea groups is 2. The Morgan fingerprint density at radius 3 is 1.86 bits per heavy atom. The topological polar surface area (TPSA) is 69.6 Å². The second-order valence-corrected chi connectivity index (χ2v) is 1.05. The van der Waals surface area contributed by atoms with Crippen LogP contribution in [0.4, 0.5) is 9.59 Å². The van der Waals surface area contributed by atoms with Crippen LogP contribution >= 0.6 is 0 Å². The van der Waals surface area contributed by atoms with Crippen molar-refractivity contribution in [1.29, 1.82) is 0 Å². The lowest BCUT2D eigenvalue weighted by Gasteiger charge is -2.20. The highest BCUT2D eigenvalue weighted by Gasteiger charge is 2.31. The van der Waals surface area contributed by atoms with Gasteiger partial charge in [0.25, 0.3) is 0 Å². The molecule has 1 heterocycles. The van der Waals surface area contributed by atoms with Crippen LogP contribution in [0.15, 0.2) is 0 Å². The number of hydrogen-bond acceptors (Lipinski definition) is 3. The van der Waals surface area contributed by atoms with Crippen LogP contribution in [0.5, 0.6) is 0 Å².